The fraction of sp³-hybridized carbons (Fsp3) is 0.533. The number of hydrogen-bond acceptors (Lipinski definition) is 3. The Labute approximate surface area is 120 Å². The fourth-order valence-electron chi connectivity index (χ4n) is 1.38. The van der Waals surface area contributed by atoms with Crippen molar-refractivity contribution in [1.29, 1.82) is 0 Å². The Balaban J connectivity index is 2.16. The Morgan fingerprint density at radius 2 is 1.89 bits per heavy atom. The molecule has 0 heterocycles. The zero-order valence-corrected chi connectivity index (χ0v) is 13.0. The lowest BCUT2D eigenvalue weighted by atomic mass is 10.2. The minimum Gasteiger partial charge on any atom is -0.484 e. The quantitative estimate of drug-likeness (QED) is 0.815. The van der Waals surface area contributed by atoms with Gasteiger partial charge in [0.2, 0.25) is 0 Å². The summed E-state index contributed by atoms with van der Waals surface area (Å²) in [5.41, 5.74) is 1.18. The molecule has 0 spiro atoms. The first kappa shape index (κ1) is 15.9. The van der Waals surface area contributed by atoms with Crippen LogP contribution in [0.5, 0.6) is 5.75 Å². The lowest BCUT2D eigenvalue weighted by molar-refractivity contribution is -0.122. The normalized spacial score (nSPS) is 11.2. The summed E-state index contributed by atoms with van der Waals surface area (Å²) in [7, 11) is 0. The predicted octanol–water partition coefficient (Wildman–Crippen LogP) is 3.02. The topological polar surface area (TPSA) is 38.3 Å². The van der Waals surface area contributed by atoms with E-state index in [1.807, 2.05) is 43.0 Å². The number of thioether (sulfide) groups is 1. The SMILES string of the molecule is Cc1ccc(OCC(=O)NCCSC(C)(C)C)cc1. The van der Waals surface area contributed by atoms with Crippen LogP contribution in [0.4, 0.5) is 0 Å². The van der Waals surface area contributed by atoms with Crippen molar-refractivity contribution >= 4 is 17.7 Å². The molecule has 0 aliphatic carbocycles. The molecule has 1 amide bonds. The van der Waals surface area contributed by atoms with Gasteiger partial charge in [0.15, 0.2) is 6.61 Å². The van der Waals surface area contributed by atoms with Crippen molar-refractivity contribution in [2.45, 2.75) is 32.4 Å². The summed E-state index contributed by atoms with van der Waals surface area (Å²) in [6, 6.07) is 7.68. The van der Waals surface area contributed by atoms with E-state index in [4.69, 9.17) is 4.74 Å². The third-order valence-corrected chi connectivity index (χ3v) is 3.62. The highest BCUT2D eigenvalue weighted by Gasteiger charge is 2.10. The molecule has 0 aliphatic rings. The van der Waals surface area contributed by atoms with Gasteiger partial charge in [-0.15, -0.1) is 0 Å². The van der Waals surface area contributed by atoms with E-state index in [0.717, 1.165) is 11.5 Å². The first-order valence-corrected chi connectivity index (χ1v) is 7.45. The van der Waals surface area contributed by atoms with E-state index in [-0.39, 0.29) is 17.3 Å². The maximum Gasteiger partial charge on any atom is 0.257 e. The van der Waals surface area contributed by atoms with Crippen molar-refractivity contribution in [3.8, 4) is 5.75 Å². The molecule has 0 radical (unpaired) electrons. The largest absolute Gasteiger partial charge is 0.484 e. The van der Waals surface area contributed by atoms with Gasteiger partial charge in [0.25, 0.3) is 5.91 Å². The average molecular weight is 281 g/mol. The van der Waals surface area contributed by atoms with E-state index in [1.165, 1.54) is 5.56 Å². The molecule has 4 heteroatoms. The number of aryl methyl sites for hydroxylation is 1. The molecule has 0 aliphatic heterocycles. The summed E-state index contributed by atoms with van der Waals surface area (Å²) in [5.74, 6) is 1.57. The Morgan fingerprint density at radius 3 is 2.47 bits per heavy atom. The van der Waals surface area contributed by atoms with Gasteiger partial charge in [-0.25, -0.2) is 0 Å². The van der Waals surface area contributed by atoms with E-state index in [9.17, 15) is 4.79 Å². The lowest BCUT2D eigenvalue weighted by Crippen LogP contribution is -2.31. The lowest BCUT2D eigenvalue weighted by Gasteiger charge is -2.17. The van der Waals surface area contributed by atoms with Crippen molar-refractivity contribution in [3.05, 3.63) is 29.8 Å². The van der Waals surface area contributed by atoms with Gasteiger partial charge in [-0.05, 0) is 19.1 Å². The second-order valence-corrected chi connectivity index (χ2v) is 7.33. The van der Waals surface area contributed by atoms with Crippen LogP contribution in [0.15, 0.2) is 24.3 Å². The molecular weight excluding hydrogens is 258 g/mol. The van der Waals surface area contributed by atoms with E-state index < -0.39 is 0 Å². The standard InChI is InChI=1S/C15H23NO2S/c1-12-5-7-13(8-6-12)18-11-14(17)16-9-10-19-15(2,3)4/h5-8H,9-11H2,1-4H3,(H,16,17). The zero-order valence-electron chi connectivity index (χ0n) is 12.2. The van der Waals surface area contributed by atoms with Crippen LogP contribution in [0.25, 0.3) is 0 Å². The minimum atomic E-state index is -0.0740. The summed E-state index contributed by atoms with van der Waals surface area (Å²) in [6.07, 6.45) is 0. The van der Waals surface area contributed by atoms with E-state index in [2.05, 4.69) is 26.1 Å². The van der Waals surface area contributed by atoms with Crippen LogP contribution in [0.1, 0.15) is 26.3 Å². The number of amides is 1. The number of ether oxygens (including phenoxy) is 1. The summed E-state index contributed by atoms with van der Waals surface area (Å²) in [6.45, 7) is 9.27. The molecule has 3 nitrogen and oxygen atoms in total. The van der Waals surface area contributed by atoms with Crippen LogP contribution in [0.2, 0.25) is 0 Å². The van der Waals surface area contributed by atoms with Gasteiger partial charge < -0.3 is 10.1 Å². The molecule has 0 unspecified atom stereocenters. The maximum absolute atomic E-state index is 11.6. The number of rotatable bonds is 6. The maximum atomic E-state index is 11.6. The Morgan fingerprint density at radius 1 is 1.26 bits per heavy atom. The third-order valence-electron chi connectivity index (χ3n) is 2.35. The van der Waals surface area contributed by atoms with E-state index >= 15 is 0 Å². The Kier molecular flexibility index (Phi) is 6.22. The molecule has 1 N–H and O–H groups in total. The van der Waals surface area contributed by atoms with E-state index in [1.54, 1.807) is 0 Å². The Hall–Kier alpha value is -1.16. The highest BCUT2D eigenvalue weighted by Crippen LogP contribution is 2.21. The summed E-state index contributed by atoms with van der Waals surface area (Å²) in [5, 5.41) is 2.85. The molecule has 19 heavy (non-hydrogen) atoms. The molecule has 0 atom stereocenters. The predicted molar refractivity (Wildman–Crippen MR) is 81.9 cm³/mol. The molecule has 1 aromatic carbocycles. The zero-order chi connectivity index (χ0) is 14.3. The molecule has 0 aromatic heterocycles. The third kappa shape index (κ3) is 7.78. The molecule has 0 bridgehead atoms. The van der Waals surface area contributed by atoms with Gasteiger partial charge in [-0.3, -0.25) is 4.79 Å². The van der Waals surface area contributed by atoms with Crippen LogP contribution >= 0.6 is 11.8 Å². The van der Waals surface area contributed by atoms with Crippen molar-refractivity contribution in [2.24, 2.45) is 0 Å². The molecule has 0 saturated heterocycles. The van der Waals surface area contributed by atoms with Crippen LogP contribution in [-0.2, 0) is 4.79 Å². The summed E-state index contributed by atoms with van der Waals surface area (Å²) in [4.78, 5) is 11.6. The molecule has 1 aromatic rings. The molecule has 0 saturated carbocycles. The first-order chi connectivity index (χ1) is 8.87. The highest BCUT2D eigenvalue weighted by atomic mass is 32.2. The number of benzene rings is 1. The second-order valence-electron chi connectivity index (χ2n) is 5.41. The second kappa shape index (κ2) is 7.43. The summed E-state index contributed by atoms with van der Waals surface area (Å²) >= 11 is 1.84. The molecular formula is C15H23NO2S. The highest BCUT2D eigenvalue weighted by molar-refractivity contribution is 8.00. The van der Waals surface area contributed by atoms with Crippen molar-refractivity contribution in [2.75, 3.05) is 18.9 Å². The number of nitrogens with one attached hydrogen (secondary N) is 1. The minimum absolute atomic E-state index is 0.0727. The monoisotopic (exact) mass is 281 g/mol. The number of hydrogen-bond donors (Lipinski definition) is 1. The van der Waals surface area contributed by atoms with Gasteiger partial charge in [0.1, 0.15) is 5.75 Å². The number of carbonyl (C=O) groups is 1. The fourth-order valence-corrected chi connectivity index (χ4v) is 2.20. The van der Waals surface area contributed by atoms with Crippen LogP contribution in [0, 0.1) is 6.92 Å². The van der Waals surface area contributed by atoms with Gasteiger partial charge in [-0.2, -0.15) is 11.8 Å². The van der Waals surface area contributed by atoms with Crippen LogP contribution in [0.3, 0.4) is 0 Å². The molecule has 106 valence electrons. The van der Waals surface area contributed by atoms with Gasteiger partial charge in [0.05, 0.1) is 0 Å². The van der Waals surface area contributed by atoms with Gasteiger partial charge in [0, 0.05) is 17.0 Å². The van der Waals surface area contributed by atoms with Crippen LogP contribution in [-0.4, -0.2) is 29.6 Å². The van der Waals surface area contributed by atoms with E-state index in [0.29, 0.717) is 6.54 Å². The first-order valence-electron chi connectivity index (χ1n) is 6.47. The van der Waals surface area contributed by atoms with Crippen molar-refractivity contribution in [1.82, 2.24) is 5.32 Å². The smallest absolute Gasteiger partial charge is 0.257 e. The Bertz CT molecular complexity index is 396. The summed E-state index contributed by atoms with van der Waals surface area (Å²) < 4.78 is 5.64. The van der Waals surface area contributed by atoms with Crippen molar-refractivity contribution in [3.63, 3.8) is 0 Å². The number of carbonyl (C=O) groups excluding carboxylic acids is 1. The molecule has 1 rings (SSSR count). The van der Waals surface area contributed by atoms with Crippen molar-refractivity contribution < 1.29 is 9.53 Å². The molecule has 0 fully saturated rings. The van der Waals surface area contributed by atoms with Gasteiger partial charge >= 0.3 is 0 Å². The van der Waals surface area contributed by atoms with Crippen LogP contribution < -0.4 is 10.1 Å². The average Bonchev–Trinajstić information content (AvgIpc) is 2.33. The van der Waals surface area contributed by atoms with Gasteiger partial charge in [-0.1, -0.05) is 38.5 Å².